The second-order valence-corrected chi connectivity index (χ2v) is 12.1. The molecule has 3 aliphatic rings. The van der Waals surface area contributed by atoms with Gasteiger partial charge in [-0.3, -0.25) is 4.79 Å². The summed E-state index contributed by atoms with van der Waals surface area (Å²) in [5, 5.41) is 0. The summed E-state index contributed by atoms with van der Waals surface area (Å²) in [5.74, 6) is 1.48. The van der Waals surface area contributed by atoms with E-state index in [-0.39, 0.29) is 28.2 Å². The van der Waals surface area contributed by atoms with Gasteiger partial charge in [-0.2, -0.15) is 0 Å². The molecule has 1 saturated carbocycles. The summed E-state index contributed by atoms with van der Waals surface area (Å²) in [7, 11) is -2.79. The third-order valence-electron chi connectivity index (χ3n) is 6.28. The first-order chi connectivity index (χ1) is 10.3. The summed E-state index contributed by atoms with van der Waals surface area (Å²) < 4.78 is 22.8. The van der Waals surface area contributed by atoms with Gasteiger partial charge in [0.1, 0.15) is 0 Å². The van der Waals surface area contributed by atoms with Gasteiger partial charge in [0.15, 0.2) is 9.84 Å². The molecule has 132 valence electrons. The molecule has 1 spiro atoms. The molecule has 2 heterocycles. The summed E-state index contributed by atoms with van der Waals surface area (Å²) in [6, 6.07) is 0. The van der Waals surface area contributed by atoms with Gasteiger partial charge in [0.05, 0.1) is 11.5 Å². The van der Waals surface area contributed by atoms with Gasteiger partial charge in [0.2, 0.25) is 5.91 Å². The Morgan fingerprint density at radius 3 is 2.22 bits per heavy atom. The highest BCUT2D eigenvalue weighted by Crippen LogP contribution is 2.54. The fourth-order valence-corrected chi connectivity index (χ4v) is 7.39. The van der Waals surface area contributed by atoms with Crippen molar-refractivity contribution in [3.8, 4) is 0 Å². The van der Waals surface area contributed by atoms with Crippen LogP contribution in [0.3, 0.4) is 0 Å². The summed E-state index contributed by atoms with van der Waals surface area (Å²) in [5.41, 5.74) is 0.147. The lowest BCUT2D eigenvalue weighted by molar-refractivity contribution is -0.147. The number of amides is 1. The normalized spacial score (nSPS) is 31.7. The van der Waals surface area contributed by atoms with Crippen LogP contribution in [0.4, 0.5) is 0 Å². The SMILES string of the molecule is CC(C)(C)CC1CCN(C(=O)C2CC3(C2)CS(=O)(=O)C3)C1(C)C. The first-order valence-corrected chi connectivity index (χ1v) is 10.7. The molecule has 0 N–H and O–H groups in total. The van der Waals surface area contributed by atoms with Crippen LogP contribution in [0, 0.1) is 22.7 Å². The predicted octanol–water partition coefficient (Wildman–Crippen LogP) is 2.87. The molecule has 2 aliphatic heterocycles. The molecule has 0 aromatic carbocycles. The second-order valence-electron chi connectivity index (χ2n) is 10.0. The van der Waals surface area contributed by atoms with Crippen molar-refractivity contribution in [2.75, 3.05) is 18.1 Å². The van der Waals surface area contributed by atoms with Crippen LogP contribution in [0.5, 0.6) is 0 Å². The second kappa shape index (κ2) is 4.96. The molecule has 0 aromatic rings. The molecule has 0 radical (unpaired) electrons. The van der Waals surface area contributed by atoms with Gasteiger partial charge in [-0.1, -0.05) is 20.8 Å². The predicted molar refractivity (Wildman–Crippen MR) is 91.8 cm³/mol. The molecule has 1 amide bonds. The zero-order valence-electron chi connectivity index (χ0n) is 15.2. The van der Waals surface area contributed by atoms with E-state index in [1.165, 1.54) is 0 Å². The molecule has 5 heteroatoms. The number of likely N-dealkylation sites (tertiary alicyclic amines) is 1. The molecule has 4 nitrogen and oxygen atoms in total. The van der Waals surface area contributed by atoms with Gasteiger partial charge in [-0.25, -0.2) is 8.42 Å². The number of carbonyl (C=O) groups is 1. The van der Waals surface area contributed by atoms with Gasteiger partial charge in [0.25, 0.3) is 0 Å². The van der Waals surface area contributed by atoms with Crippen molar-refractivity contribution in [2.45, 2.75) is 65.8 Å². The zero-order valence-corrected chi connectivity index (χ0v) is 16.0. The standard InChI is InChI=1S/C18H31NO3S/c1-16(2,3)10-14-6-7-19(17(14,4)5)15(20)13-8-18(9-13)11-23(21,22)12-18/h13-14H,6-12H2,1-5H3. The molecule has 1 aliphatic carbocycles. The number of rotatable bonds is 2. The lowest BCUT2D eigenvalue weighted by Gasteiger charge is -2.53. The molecule has 1 unspecified atom stereocenters. The highest BCUT2D eigenvalue weighted by molar-refractivity contribution is 7.92. The minimum atomic E-state index is -2.79. The summed E-state index contributed by atoms with van der Waals surface area (Å²) in [4.78, 5) is 15.0. The van der Waals surface area contributed by atoms with E-state index in [1.807, 2.05) is 0 Å². The Morgan fingerprint density at radius 2 is 1.74 bits per heavy atom. The Morgan fingerprint density at radius 1 is 1.17 bits per heavy atom. The van der Waals surface area contributed by atoms with E-state index in [4.69, 9.17) is 0 Å². The Labute approximate surface area is 140 Å². The first-order valence-electron chi connectivity index (χ1n) is 8.86. The number of hydrogen-bond acceptors (Lipinski definition) is 3. The topological polar surface area (TPSA) is 54.5 Å². The molecule has 3 rings (SSSR count). The van der Waals surface area contributed by atoms with Crippen LogP contribution in [0.2, 0.25) is 0 Å². The average molecular weight is 342 g/mol. The Hall–Kier alpha value is -0.580. The van der Waals surface area contributed by atoms with Crippen LogP contribution in [-0.4, -0.2) is 42.8 Å². The minimum Gasteiger partial charge on any atom is -0.337 e. The van der Waals surface area contributed by atoms with Gasteiger partial charge in [0, 0.05) is 18.0 Å². The zero-order chi connectivity index (χ0) is 17.3. The fraction of sp³-hybridized carbons (Fsp3) is 0.944. The molecule has 23 heavy (non-hydrogen) atoms. The maximum atomic E-state index is 12.9. The lowest BCUT2D eigenvalue weighted by Crippen LogP contribution is -2.60. The number of sulfone groups is 1. The van der Waals surface area contributed by atoms with E-state index in [9.17, 15) is 13.2 Å². The lowest BCUT2D eigenvalue weighted by atomic mass is 9.63. The van der Waals surface area contributed by atoms with Crippen molar-refractivity contribution < 1.29 is 13.2 Å². The van der Waals surface area contributed by atoms with E-state index in [0.717, 1.165) is 32.2 Å². The van der Waals surface area contributed by atoms with Gasteiger partial charge < -0.3 is 4.90 Å². The van der Waals surface area contributed by atoms with Crippen molar-refractivity contribution in [3.63, 3.8) is 0 Å². The van der Waals surface area contributed by atoms with Crippen molar-refractivity contribution in [1.82, 2.24) is 4.90 Å². The van der Waals surface area contributed by atoms with Crippen LogP contribution >= 0.6 is 0 Å². The minimum absolute atomic E-state index is 0.0478. The highest BCUT2D eigenvalue weighted by Gasteiger charge is 2.59. The fourth-order valence-electron chi connectivity index (χ4n) is 5.14. The van der Waals surface area contributed by atoms with Crippen LogP contribution in [0.1, 0.15) is 60.3 Å². The van der Waals surface area contributed by atoms with Gasteiger partial charge >= 0.3 is 0 Å². The highest BCUT2D eigenvalue weighted by atomic mass is 32.2. The molecule has 0 bridgehead atoms. The van der Waals surface area contributed by atoms with Crippen molar-refractivity contribution in [1.29, 1.82) is 0 Å². The van der Waals surface area contributed by atoms with Gasteiger partial charge in [-0.05, 0) is 56.3 Å². The maximum absolute atomic E-state index is 12.9. The largest absolute Gasteiger partial charge is 0.337 e. The maximum Gasteiger partial charge on any atom is 0.226 e. The van der Waals surface area contributed by atoms with Crippen molar-refractivity contribution >= 4 is 15.7 Å². The first kappa shape index (κ1) is 17.2. The molecule has 3 fully saturated rings. The molecular weight excluding hydrogens is 310 g/mol. The van der Waals surface area contributed by atoms with E-state index < -0.39 is 9.84 Å². The molecular formula is C18H31NO3S. The van der Waals surface area contributed by atoms with Crippen LogP contribution in [0.15, 0.2) is 0 Å². The number of nitrogens with zero attached hydrogens (tertiary/aromatic N) is 1. The Balaban J connectivity index is 1.61. The van der Waals surface area contributed by atoms with Crippen LogP contribution in [0.25, 0.3) is 0 Å². The molecule has 0 aromatic heterocycles. The quantitative estimate of drug-likeness (QED) is 0.776. The van der Waals surface area contributed by atoms with E-state index in [2.05, 4.69) is 39.5 Å². The van der Waals surface area contributed by atoms with E-state index in [1.54, 1.807) is 0 Å². The third kappa shape index (κ3) is 3.06. The molecule has 2 saturated heterocycles. The summed E-state index contributed by atoms with van der Waals surface area (Å²) >= 11 is 0. The van der Waals surface area contributed by atoms with E-state index in [0.29, 0.717) is 17.4 Å². The smallest absolute Gasteiger partial charge is 0.226 e. The van der Waals surface area contributed by atoms with E-state index >= 15 is 0 Å². The third-order valence-corrected chi connectivity index (χ3v) is 8.39. The number of carbonyl (C=O) groups excluding carboxylic acids is 1. The number of hydrogen-bond donors (Lipinski definition) is 0. The van der Waals surface area contributed by atoms with Crippen LogP contribution in [-0.2, 0) is 14.6 Å². The summed E-state index contributed by atoms with van der Waals surface area (Å²) in [6.45, 7) is 12.1. The molecule has 1 atom stereocenters. The van der Waals surface area contributed by atoms with Crippen molar-refractivity contribution in [2.24, 2.45) is 22.7 Å². The Bertz CT molecular complexity index is 595. The van der Waals surface area contributed by atoms with Crippen molar-refractivity contribution in [3.05, 3.63) is 0 Å². The average Bonchev–Trinajstić information content (AvgIpc) is 2.55. The summed E-state index contributed by atoms with van der Waals surface area (Å²) in [6.07, 6.45) is 3.78. The van der Waals surface area contributed by atoms with Crippen LogP contribution < -0.4 is 0 Å². The Kier molecular flexibility index (Phi) is 3.72. The monoisotopic (exact) mass is 341 g/mol. The van der Waals surface area contributed by atoms with Gasteiger partial charge in [-0.15, -0.1) is 0 Å².